The van der Waals surface area contributed by atoms with Crippen LogP contribution in [0.4, 0.5) is 0 Å². The minimum atomic E-state index is -2.03. The molecule has 0 nitrogen and oxygen atoms in total. The van der Waals surface area contributed by atoms with E-state index in [0.29, 0.717) is 17.0 Å². The fourth-order valence-electron chi connectivity index (χ4n) is 3.71. The van der Waals surface area contributed by atoms with E-state index in [1.54, 1.807) is 0 Å². The normalized spacial score (nSPS) is 27.5. The highest BCUT2D eigenvalue weighted by Crippen LogP contribution is 2.50. The van der Waals surface area contributed by atoms with E-state index in [-0.39, 0.29) is 0 Å². The van der Waals surface area contributed by atoms with Gasteiger partial charge in [-0.1, -0.05) is 86.7 Å². The molecule has 0 N–H and O–H groups in total. The standard InChI is InChI=1S/C20H23ClSi/c1-16(2)15-22(21)19(17-9-5-3-6-10-17)13-14-20(22)18-11-7-4-8-12-18/h3-14,16,19-20H,15H2,1-2H3. The fraction of sp³-hybridized carbons (Fsp3) is 0.300. The number of hydrogen-bond acceptors (Lipinski definition) is 0. The number of rotatable bonds is 4. The zero-order chi connectivity index (χ0) is 15.6. The van der Waals surface area contributed by atoms with Gasteiger partial charge in [0.2, 0.25) is 0 Å². The summed E-state index contributed by atoms with van der Waals surface area (Å²) in [7, 11) is -2.03. The van der Waals surface area contributed by atoms with Crippen LogP contribution in [0.25, 0.3) is 0 Å². The molecule has 0 amide bonds. The van der Waals surface area contributed by atoms with Gasteiger partial charge < -0.3 is 0 Å². The molecule has 0 aromatic heterocycles. The maximum absolute atomic E-state index is 7.44. The highest BCUT2D eigenvalue weighted by atomic mass is 35.6. The Labute approximate surface area is 139 Å². The molecule has 114 valence electrons. The summed E-state index contributed by atoms with van der Waals surface area (Å²) in [6.07, 6.45) is 4.74. The molecule has 0 radical (unpaired) electrons. The quantitative estimate of drug-likeness (QED) is 0.365. The lowest BCUT2D eigenvalue weighted by Crippen LogP contribution is -2.39. The lowest BCUT2D eigenvalue weighted by molar-refractivity contribution is 0.713. The second-order valence-corrected chi connectivity index (χ2v) is 12.3. The van der Waals surface area contributed by atoms with Gasteiger partial charge in [-0.05, 0) is 23.1 Å². The zero-order valence-electron chi connectivity index (χ0n) is 13.2. The molecule has 0 saturated heterocycles. The van der Waals surface area contributed by atoms with E-state index >= 15 is 0 Å². The van der Waals surface area contributed by atoms with Crippen LogP contribution < -0.4 is 0 Å². The van der Waals surface area contributed by atoms with E-state index in [9.17, 15) is 0 Å². The first kappa shape index (κ1) is 15.6. The van der Waals surface area contributed by atoms with Crippen molar-refractivity contribution in [2.75, 3.05) is 0 Å². The molecule has 22 heavy (non-hydrogen) atoms. The van der Waals surface area contributed by atoms with E-state index in [0.717, 1.165) is 6.04 Å². The SMILES string of the molecule is CC(C)C[Si]1(Cl)C(c2ccccc2)C=CC1c1ccccc1. The lowest BCUT2D eigenvalue weighted by Gasteiger charge is -2.34. The van der Waals surface area contributed by atoms with Gasteiger partial charge >= 0.3 is 0 Å². The Bertz CT molecular complexity index is 584. The van der Waals surface area contributed by atoms with Gasteiger partial charge in [0.1, 0.15) is 0 Å². The molecule has 1 aliphatic rings. The van der Waals surface area contributed by atoms with Crippen molar-refractivity contribution in [2.24, 2.45) is 5.92 Å². The Hall–Kier alpha value is -1.31. The third-order valence-electron chi connectivity index (χ3n) is 4.57. The molecule has 1 heterocycles. The molecule has 0 bridgehead atoms. The van der Waals surface area contributed by atoms with Crippen molar-refractivity contribution in [1.82, 2.24) is 0 Å². The number of allylic oxidation sites excluding steroid dienone is 2. The van der Waals surface area contributed by atoms with E-state index in [1.165, 1.54) is 11.1 Å². The van der Waals surface area contributed by atoms with Crippen LogP contribution in [-0.4, -0.2) is 7.38 Å². The third-order valence-corrected chi connectivity index (χ3v) is 11.0. The number of benzene rings is 2. The molecule has 2 heteroatoms. The monoisotopic (exact) mass is 326 g/mol. The topological polar surface area (TPSA) is 0 Å². The van der Waals surface area contributed by atoms with Crippen molar-refractivity contribution in [3.05, 3.63) is 83.9 Å². The van der Waals surface area contributed by atoms with Crippen LogP contribution >= 0.6 is 11.1 Å². The molecular weight excluding hydrogens is 304 g/mol. The Morgan fingerprint density at radius 1 is 0.818 bits per heavy atom. The van der Waals surface area contributed by atoms with E-state index < -0.39 is 7.38 Å². The predicted molar refractivity (Wildman–Crippen MR) is 98.8 cm³/mol. The predicted octanol–water partition coefficient (Wildman–Crippen LogP) is 6.04. The van der Waals surface area contributed by atoms with Crippen molar-refractivity contribution in [3.8, 4) is 0 Å². The zero-order valence-corrected chi connectivity index (χ0v) is 15.0. The smallest absolute Gasteiger partial charge is 0.165 e. The molecule has 0 fully saturated rings. The Morgan fingerprint density at radius 2 is 1.23 bits per heavy atom. The minimum absolute atomic E-state index is 0.406. The first-order valence-corrected chi connectivity index (χ1v) is 11.5. The Morgan fingerprint density at radius 3 is 1.59 bits per heavy atom. The average Bonchev–Trinajstić information content (AvgIpc) is 2.85. The summed E-state index contributed by atoms with van der Waals surface area (Å²) in [5.74, 6) is 0.626. The Balaban J connectivity index is 2.01. The molecule has 2 aromatic carbocycles. The summed E-state index contributed by atoms with van der Waals surface area (Å²) in [5, 5.41) is 0. The first-order chi connectivity index (χ1) is 10.6. The van der Waals surface area contributed by atoms with Crippen molar-refractivity contribution >= 4 is 18.5 Å². The molecule has 0 saturated carbocycles. The van der Waals surface area contributed by atoms with E-state index in [1.807, 2.05) is 0 Å². The van der Waals surface area contributed by atoms with Gasteiger partial charge in [-0.15, -0.1) is 0 Å². The van der Waals surface area contributed by atoms with Crippen LogP contribution in [0, 0.1) is 5.92 Å². The summed E-state index contributed by atoms with van der Waals surface area (Å²) in [6, 6.07) is 22.7. The van der Waals surface area contributed by atoms with Gasteiger partial charge in [-0.2, -0.15) is 11.1 Å². The summed E-state index contributed by atoms with van der Waals surface area (Å²) in [6.45, 7) is 4.58. The van der Waals surface area contributed by atoms with Crippen LogP contribution in [-0.2, 0) is 0 Å². The van der Waals surface area contributed by atoms with Crippen molar-refractivity contribution < 1.29 is 0 Å². The highest BCUT2D eigenvalue weighted by Gasteiger charge is 2.49. The summed E-state index contributed by atoms with van der Waals surface area (Å²) in [4.78, 5) is 0. The van der Waals surface area contributed by atoms with Gasteiger partial charge in [0.15, 0.2) is 7.38 Å². The molecule has 2 aromatic rings. The molecule has 0 spiro atoms. The average molecular weight is 327 g/mol. The summed E-state index contributed by atoms with van der Waals surface area (Å²) < 4.78 is 0. The van der Waals surface area contributed by atoms with Gasteiger partial charge in [0, 0.05) is 11.1 Å². The number of hydrogen-bond donors (Lipinski definition) is 0. The number of halogens is 1. The van der Waals surface area contributed by atoms with Gasteiger partial charge in [-0.3, -0.25) is 0 Å². The Kier molecular flexibility index (Phi) is 4.56. The summed E-state index contributed by atoms with van der Waals surface area (Å²) in [5.41, 5.74) is 3.56. The largest absolute Gasteiger partial charge is 0.178 e. The second-order valence-electron chi connectivity index (χ2n) is 6.69. The summed E-state index contributed by atoms with van der Waals surface area (Å²) >= 11 is 7.44. The molecule has 2 unspecified atom stereocenters. The molecule has 3 rings (SSSR count). The van der Waals surface area contributed by atoms with Gasteiger partial charge in [-0.25, -0.2) is 0 Å². The highest BCUT2D eigenvalue weighted by molar-refractivity contribution is 7.22. The molecule has 1 aliphatic heterocycles. The van der Waals surface area contributed by atoms with Crippen LogP contribution in [0.5, 0.6) is 0 Å². The molecule has 0 aliphatic carbocycles. The maximum atomic E-state index is 7.44. The van der Waals surface area contributed by atoms with Crippen molar-refractivity contribution in [2.45, 2.75) is 31.0 Å². The second kappa shape index (κ2) is 6.43. The minimum Gasteiger partial charge on any atom is -0.165 e. The van der Waals surface area contributed by atoms with Crippen LogP contribution in [0.15, 0.2) is 72.8 Å². The molecule has 2 atom stereocenters. The third kappa shape index (κ3) is 2.93. The van der Waals surface area contributed by atoms with E-state index in [2.05, 4.69) is 86.7 Å². The lowest BCUT2D eigenvalue weighted by atomic mass is 10.1. The van der Waals surface area contributed by atoms with Gasteiger partial charge in [0.05, 0.1) is 0 Å². The van der Waals surface area contributed by atoms with Crippen LogP contribution in [0.2, 0.25) is 6.04 Å². The van der Waals surface area contributed by atoms with E-state index in [4.69, 9.17) is 11.1 Å². The fourth-order valence-corrected chi connectivity index (χ4v) is 10.3. The van der Waals surface area contributed by atoms with Crippen LogP contribution in [0.1, 0.15) is 36.1 Å². The van der Waals surface area contributed by atoms with Gasteiger partial charge in [0.25, 0.3) is 0 Å². The first-order valence-electron chi connectivity index (χ1n) is 8.08. The van der Waals surface area contributed by atoms with Crippen LogP contribution in [0.3, 0.4) is 0 Å². The van der Waals surface area contributed by atoms with Crippen molar-refractivity contribution in [3.63, 3.8) is 0 Å². The maximum Gasteiger partial charge on any atom is 0.178 e. The molecular formula is C20H23ClSi. The van der Waals surface area contributed by atoms with Crippen molar-refractivity contribution in [1.29, 1.82) is 0 Å².